The normalized spacial score (nSPS) is 27.5. The lowest BCUT2D eigenvalue weighted by atomic mass is 9.97. The molecule has 2 heteroatoms. The Hall–Kier alpha value is -0.530. The Bertz CT molecular complexity index is 213. The molecule has 0 N–H and O–H groups in total. The minimum atomic E-state index is 0.294. The number of hydrogen-bond donors (Lipinski definition) is 0. The van der Waals surface area contributed by atoms with E-state index in [9.17, 15) is 4.79 Å². The molecule has 0 saturated heterocycles. The lowest BCUT2D eigenvalue weighted by Gasteiger charge is -2.26. The van der Waals surface area contributed by atoms with E-state index in [1.165, 1.54) is 19.3 Å². The van der Waals surface area contributed by atoms with Gasteiger partial charge in [0, 0.05) is 19.0 Å². The minimum Gasteiger partial charge on any atom is -0.343 e. The number of carbonyl (C=O) groups is 1. The van der Waals surface area contributed by atoms with Crippen LogP contribution < -0.4 is 0 Å². The first-order chi connectivity index (χ1) is 7.02. The summed E-state index contributed by atoms with van der Waals surface area (Å²) in [5, 5.41) is 0. The van der Waals surface area contributed by atoms with E-state index in [1.54, 1.807) is 0 Å². The molecule has 0 aliphatic heterocycles. The van der Waals surface area contributed by atoms with Gasteiger partial charge in [-0.3, -0.25) is 4.79 Å². The van der Waals surface area contributed by atoms with E-state index >= 15 is 0 Å². The molecule has 1 saturated carbocycles. The third-order valence-corrected chi connectivity index (χ3v) is 3.73. The molecule has 2 nitrogen and oxygen atoms in total. The molecule has 1 fully saturated rings. The van der Waals surface area contributed by atoms with Gasteiger partial charge < -0.3 is 4.90 Å². The van der Waals surface area contributed by atoms with Gasteiger partial charge in [-0.2, -0.15) is 0 Å². The van der Waals surface area contributed by atoms with Crippen LogP contribution in [0.3, 0.4) is 0 Å². The lowest BCUT2D eigenvalue weighted by molar-refractivity contribution is -0.136. The zero-order chi connectivity index (χ0) is 11.4. The Balaban J connectivity index is 2.52. The van der Waals surface area contributed by atoms with Crippen molar-refractivity contribution in [2.45, 2.75) is 58.9 Å². The molecule has 15 heavy (non-hydrogen) atoms. The summed E-state index contributed by atoms with van der Waals surface area (Å²) < 4.78 is 0. The molecule has 0 aromatic heterocycles. The van der Waals surface area contributed by atoms with Crippen LogP contribution in [0, 0.1) is 11.8 Å². The van der Waals surface area contributed by atoms with E-state index < -0.39 is 0 Å². The molecule has 1 aliphatic rings. The average Bonchev–Trinajstić information content (AvgIpc) is 2.40. The summed E-state index contributed by atoms with van der Waals surface area (Å²) in [7, 11) is 1.93. The molecule has 0 heterocycles. The van der Waals surface area contributed by atoms with E-state index in [0.29, 0.717) is 17.9 Å². The smallest absolute Gasteiger partial charge is 0.225 e. The van der Waals surface area contributed by atoms with Gasteiger partial charge in [-0.15, -0.1) is 0 Å². The van der Waals surface area contributed by atoms with Gasteiger partial charge in [0.05, 0.1) is 0 Å². The van der Waals surface area contributed by atoms with Crippen molar-refractivity contribution in [1.82, 2.24) is 4.90 Å². The van der Waals surface area contributed by atoms with Crippen LogP contribution in [0.4, 0.5) is 0 Å². The maximum atomic E-state index is 12.1. The number of hydrogen-bond acceptors (Lipinski definition) is 1. The predicted molar refractivity (Wildman–Crippen MR) is 63.6 cm³/mol. The summed E-state index contributed by atoms with van der Waals surface area (Å²) in [4.78, 5) is 14.0. The number of carbonyl (C=O) groups excluding carboxylic acids is 1. The first kappa shape index (κ1) is 12.5. The van der Waals surface area contributed by atoms with Crippen LogP contribution >= 0.6 is 0 Å². The fourth-order valence-corrected chi connectivity index (χ4v) is 2.28. The Morgan fingerprint density at radius 3 is 2.47 bits per heavy atom. The van der Waals surface area contributed by atoms with Crippen molar-refractivity contribution >= 4 is 5.91 Å². The highest BCUT2D eigenvalue weighted by Gasteiger charge is 2.25. The summed E-state index contributed by atoms with van der Waals surface area (Å²) in [6, 6.07) is 0.332. The molecule has 0 aromatic rings. The van der Waals surface area contributed by atoms with Gasteiger partial charge in [-0.25, -0.2) is 0 Å². The van der Waals surface area contributed by atoms with E-state index in [1.807, 2.05) is 11.9 Å². The summed E-state index contributed by atoms with van der Waals surface area (Å²) in [6.45, 7) is 6.47. The van der Waals surface area contributed by atoms with Crippen LogP contribution in [-0.2, 0) is 4.79 Å². The standard InChI is InChI=1S/C13H25NO/c1-10(2)14(4)13(15)12-7-5-6-11(3)8-9-12/h10-12H,5-9H2,1-4H3/t11-,12?/m1/s1. The van der Waals surface area contributed by atoms with Crippen LogP contribution in [-0.4, -0.2) is 23.9 Å². The molecule has 0 bridgehead atoms. The number of amides is 1. The van der Waals surface area contributed by atoms with Crippen LogP contribution in [0.1, 0.15) is 52.9 Å². The monoisotopic (exact) mass is 211 g/mol. The van der Waals surface area contributed by atoms with Crippen LogP contribution in [0.2, 0.25) is 0 Å². The summed E-state index contributed by atoms with van der Waals surface area (Å²) in [5.74, 6) is 1.47. The quantitative estimate of drug-likeness (QED) is 0.643. The van der Waals surface area contributed by atoms with E-state index in [-0.39, 0.29) is 0 Å². The molecule has 0 aromatic carbocycles. The molecular formula is C13H25NO. The third-order valence-electron chi connectivity index (χ3n) is 3.73. The first-order valence-corrected chi connectivity index (χ1v) is 6.29. The van der Waals surface area contributed by atoms with Crippen LogP contribution in [0.5, 0.6) is 0 Å². The Kier molecular flexibility index (Phi) is 4.62. The van der Waals surface area contributed by atoms with Crippen molar-refractivity contribution in [3.05, 3.63) is 0 Å². The van der Waals surface area contributed by atoms with Gasteiger partial charge in [0.25, 0.3) is 0 Å². The molecule has 2 atom stereocenters. The third kappa shape index (κ3) is 3.51. The van der Waals surface area contributed by atoms with Crippen molar-refractivity contribution in [1.29, 1.82) is 0 Å². The summed E-state index contributed by atoms with van der Waals surface area (Å²) in [5.41, 5.74) is 0. The van der Waals surface area contributed by atoms with Crippen molar-refractivity contribution in [3.8, 4) is 0 Å². The van der Waals surface area contributed by atoms with Gasteiger partial charge in [0.1, 0.15) is 0 Å². The Morgan fingerprint density at radius 2 is 1.87 bits per heavy atom. The largest absolute Gasteiger partial charge is 0.343 e. The highest BCUT2D eigenvalue weighted by molar-refractivity contribution is 5.78. The summed E-state index contributed by atoms with van der Waals surface area (Å²) >= 11 is 0. The fourth-order valence-electron chi connectivity index (χ4n) is 2.28. The molecular weight excluding hydrogens is 186 g/mol. The predicted octanol–water partition coefficient (Wildman–Crippen LogP) is 3.07. The highest BCUT2D eigenvalue weighted by atomic mass is 16.2. The highest BCUT2D eigenvalue weighted by Crippen LogP contribution is 2.28. The van der Waals surface area contributed by atoms with Crippen molar-refractivity contribution in [2.24, 2.45) is 11.8 Å². The number of nitrogens with zero attached hydrogens (tertiary/aromatic N) is 1. The molecule has 1 amide bonds. The average molecular weight is 211 g/mol. The molecule has 1 rings (SSSR count). The van der Waals surface area contributed by atoms with Gasteiger partial charge in [0.15, 0.2) is 0 Å². The topological polar surface area (TPSA) is 20.3 Å². The Labute approximate surface area is 94.0 Å². The van der Waals surface area contributed by atoms with Gasteiger partial charge in [-0.1, -0.05) is 19.8 Å². The van der Waals surface area contributed by atoms with E-state index in [4.69, 9.17) is 0 Å². The van der Waals surface area contributed by atoms with Crippen LogP contribution in [0.25, 0.3) is 0 Å². The van der Waals surface area contributed by atoms with E-state index in [2.05, 4.69) is 20.8 Å². The molecule has 1 unspecified atom stereocenters. The first-order valence-electron chi connectivity index (χ1n) is 6.29. The van der Waals surface area contributed by atoms with Crippen molar-refractivity contribution in [2.75, 3.05) is 7.05 Å². The fraction of sp³-hybridized carbons (Fsp3) is 0.923. The molecule has 1 aliphatic carbocycles. The van der Waals surface area contributed by atoms with Gasteiger partial charge >= 0.3 is 0 Å². The van der Waals surface area contributed by atoms with Crippen LogP contribution in [0.15, 0.2) is 0 Å². The maximum absolute atomic E-state index is 12.1. The van der Waals surface area contributed by atoms with Gasteiger partial charge in [0.2, 0.25) is 5.91 Å². The summed E-state index contributed by atoms with van der Waals surface area (Å²) in [6.07, 6.45) is 5.94. The molecule has 88 valence electrons. The van der Waals surface area contributed by atoms with Crippen molar-refractivity contribution < 1.29 is 4.79 Å². The zero-order valence-electron chi connectivity index (χ0n) is 10.6. The van der Waals surface area contributed by atoms with Crippen molar-refractivity contribution in [3.63, 3.8) is 0 Å². The minimum absolute atomic E-state index is 0.294. The molecule has 0 spiro atoms. The second-order valence-corrected chi connectivity index (χ2v) is 5.35. The number of rotatable bonds is 2. The molecule has 0 radical (unpaired) electrons. The Morgan fingerprint density at radius 1 is 1.20 bits per heavy atom. The second kappa shape index (κ2) is 5.53. The zero-order valence-corrected chi connectivity index (χ0v) is 10.6. The lowest BCUT2D eigenvalue weighted by Crippen LogP contribution is -2.37. The maximum Gasteiger partial charge on any atom is 0.225 e. The SMILES string of the molecule is CC(C)N(C)C(=O)C1CCC[C@@H](C)CC1. The van der Waals surface area contributed by atoms with Gasteiger partial charge in [-0.05, 0) is 39.0 Å². The second-order valence-electron chi connectivity index (χ2n) is 5.35. The van der Waals surface area contributed by atoms with E-state index in [0.717, 1.165) is 18.8 Å².